The van der Waals surface area contributed by atoms with Gasteiger partial charge in [-0.25, -0.2) is 9.97 Å². The zero-order valence-corrected chi connectivity index (χ0v) is 12.2. The van der Waals surface area contributed by atoms with E-state index in [1.807, 2.05) is 49.4 Å². The van der Waals surface area contributed by atoms with Crippen LogP contribution in [0.2, 0.25) is 0 Å². The molecule has 102 valence electrons. The van der Waals surface area contributed by atoms with Crippen molar-refractivity contribution in [1.29, 1.82) is 0 Å². The fraction of sp³-hybridized carbons (Fsp3) is 0.235. The van der Waals surface area contributed by atoms with E-state index in [4.69, 9.17) is 0 Å². The van der Waals surface area contributed by atoms with Crippen molar-refractivity contribution >= 4 is 5.71 Å². The van der Waals surface area contributed by atoms with Gasteiger partial charge in [0.05, 0.1) is 11.4 Å². The van der Waals surface area contributed by atoms with Gasteiger partial charge >= 0.3 is 0 Å². The third-order valence-electron chi connectivity index (χ3n) is 2.90. The molecular formula is C17H19N3. The fourth-order valence-corrected chi connectivity index (χ4v) is 1.92. The van der Waals surface area contributed by atoms with E-state index < -0.39 is 0 Å². The molecule has 2 rings (SSSR count). The van der Waals surface area contributed by atoms with E-state index in [1.165, 1.54) is 0 Å². The van der Waals surface area contributed by atoms with Crippen molar-refractivity contribution in [3.05, 3.63) is 59.9 Å². The maximum atomic E-state index is 4.63. The van der Waals surface area contributed by atoms with Gasteiger partial charge in [0.2, 0.25) is 0 Å². The van der Waals surface area contributed by atoms with Crippen molar-refractivity contribution in [3.8, 4) is 11.4 Å². The third-order valence-corrected chi connectivity index (χ3v) is 2.90. The van der Waals surface area contributed by atoms with Crippen molar-refractivity contribution in [2.24, 2.45) is 4.99 Å². The van der Waals surface area contributed by atoms with E-state index in [0.717, 1.165) is 34.9 Å². The highest BCUT2D eigenvalue weighted by atomic mass is 14.9. The summed E-state index contributed by atoms with van der Waals surface area (Å²) < 4.78 is 0. The van der Waals surface area contributed by atoms with E-state index in [-0.39, 0.29) is 0 Å². The summed E-state index contributed by atoms with van der Waals surface area (Å²) in [5.74, 6) is 0.742. The highest BCUT2D eigenvalue weighted by Gasteiger charge is 2.07. The van der Waals surface area contributed by atoms with Crippen LogP contribution in [0.5, 0.6) is 0 Å². The minimum atomic E-state index is 0.742. The van der Waals surface area contributed by atoms with Gasteiger partial charge in [-0.05, 0) is 25.5 Å². The van der Waals surface area contributed by atoms with Gasteiger partial charge in [-0.3, -0.25) is 4.99 Å². The largest absolute Gasteiger partial charge is 0.286 e. The van der Waals surface area contributed by atoms with Crippen LogP contribution in [-0.4, -0.2) is 22.7 Å². The van der Waals surface area contributed by atoms with Crippen molar-refractivity contribution < 1.29 is 0 Å². The molecule has 0 bridgehead atoms. The first-order valence-electron chi connectivity index (χ1n) is 6.79. The Labute approximate surface area is 120 Å². The van der Waals surface area contributed by atoms with E-state index in [1.54, 1.807) is 7.05 Å². The molecule has 0 saturated heterocycles. The van der Waals surface area contributed by atoms with Gasteiger partial charge in [-0.2, -0.15) is 0 Å². The SMILES string of the molecule is CC/C=C\C(=NC)c1cc(C)nc(-c2ccccc2)n1. The number of nitrogens with zero attached hydrogens (tertiary/aromatic N) is 3. The molecule has 0 fully saturated rings. The summed E-state index contributed by atoms with van der Waals surface area (Å²) >= 11 is 0. The summed E-state index contributed by atoms with van der Waals surface area (Å²) in [6.45, 7) is 4.08. The Morgan fingerprint density at radius 2 is 1.95 bits per heavy atom. The van der Waals surface area contributed by atoms with Gasteiger partial charge < -0.3 is 0 Å². The molecule has 3 heteroatoms. The molecule has 0 aliphatic rings. The van der Waals surface area contributed by atoms with Crippen molar-refractivity contribution in [1.82, 2.24) is 9.97 Å². The summed E-state index contributed by atoms with van der Waals surface area (Å²) in [7, 11) is 1.79. The fourth-order valence-electron chi connectivity index (χ4n) is 1.92. The molecule has 0 aliphatic heterocycles. The van der Waals surface area contributed by atoms with Crippen LogP contribution >= 0.6 is 0 Å². The molecule has 0 saturated carbocycles. The zero-order valence-electron chi connectivity index (χ0n) is 12.2. The maximum Gasteiger partial charge on any atom is 0.160 e. The van der Waals surface area contributed by atoms with Gasteiger partial charge in [-0.15, -0.1) is 0 Å². The smallest absolute Gasteiger partial charge is 0.160 e. The molecule has 3 nitrogen and oxygen atoms in total. The van der Waals surface area contributed by atoms with Crippen LogP contribution in [0.25, 0.3) is 11.4 Å². The van der Waals surface area contributed by atoms with Gasteiger partial charge in [0.15, 0.2) is 5.82 Å². The maximum absolute atomic E-state index is 4.63. The van der Waals surface area contributed by atoms with Gasteiger partial charge in [0.1, 0.15) is 0 Å². The topological polar surface area (TPSA) is 38.1 Å². The summed E-state index contributed by atoms with van der Waals surface area (Å²) in [5.41, 5.74) is 3.71. The lowest BCUT2D eigenvalue weighted by atomic mass is 10.1. The predicted molar refractivity (Wildman–Crippen MR) is 84.1 cm³/mol. The zero-order chi connectivity index (χ0) is 14.4. The summed E-state index contributed by atoms with van der Waals surface area (Å²) in [4.78, 5) is 13.5. The van der Waals surface area contributed by atoms with E-state index in [2.05, 4.69) is 28.0 Å². The first-order chi connectivity index (χ1) is 9.74. The monoisotopic (exact) mass is 265 g/mol. The predicted octanol–water partition coefficient (Wildman–Crippen LogP) is 3.84. The summed E-state index contributed by atoms with van der Waals surface area (Å²) in [5, 5.41) is 0. The minimum absolute atomic E-state index is 0.742. The van der Waals surface area contributed by atoms with Crippen molar-refractivity contribution in [3.63, 3.8) is 0 Å². The number of benzene rings is 1. The van der Waals surface area contributed by atoms with Crippen molar-refractivity contribution in [2.45, 2.75) is 20.3 Å². The molecule has 0 aliphatic carbocycles. The molecule has 1 heterocycles. The summed E-state index contributed by atoms with van der Waals surface area (Å²) in [6.07, 6.45) is 5.08. The van der Waals surface area contributed by atoms with E-state index in [0.29, 0.717) is 0 Å². The average molecular weight is 265 g/mol. The first kappa shape index (κ1) is 14.1. The lowest BCUT2D eigenvalue weighted by molar-refractivity contribution is 1.10. The standard InChI is InChI=1S/C17H19N3/c1-4-5-11-15(18-3)16-12-13(2)19-17(20-16)14-9-7-6-8-10-14/h5-12H,4H2,1-3H3/b11-5-,18-15?. The van der Waals surface area contributed by atoms with Crippen LogP contribution in [0, 0.1) is 6.92 Å². The molecule has 0 radical (unpaired) electrons. The van der Waals surface area contributed by atoms with E-state index in [9.17, 15) is 0 Å². The Morgan fingerprint density at radius 1 is 1.20 bits per heavy atom. The number of aromatic nitrogens is 2. The Hall–Kier alpha value is -2.29. The Balaban J connectivity index is 2.46. The molecule has 0 atom stereocenters. The number of allylic oxidation sites excluding steroid dienone is 2. The highest BCUT2D eigenvalue weighted by molar-refractivity contribution is 6.07. The Kier molecular flexibility index (Phi) is 4.77. The molecule has 1 aromatic carbocycles. The van der Waals surface area contributed by atoms with Crippen LogP contribution in [0.4, 0.5) is 0 Å². The molecule has 0 unspecified atom stereocenters. The normalized spacial score (nSPS) is 12.1. The van der Waals surface area contributed by atoms with Crippen LogP contribution in [0.1, 0.15) is 24.7 Å². The van der Waals surface area contributed by atoms with Gasteiger partial charge in [0.25, 0.3) is 0 Å². The Morgan fingerprint density at radius 3 is 2.60 bits per heavy atom. The molecule has 0 N–H and O–H groups in total. The average Bonchev–Trinajstić information content (AvgIpc) is 2.48. The number of rotatable bonds is 4. The van der Waals surface area contributed by atoms with Crippen LogP contribution in [-0.2, 0) is 0 Å². The number of aliphatic imine (C=N–C) groups is 1. The lowest BCUT2D eigenvalue weighted by Gasteiger charge is -2.06. The van der Waals surface area contributed by atoms with E-state index >= 15 is 0 Å². The quantitative estimate of drug-likeness (QED) is 0.788. The summed E-state index contributed by atoms with van der Waals surface area (Å²) in [6, 6.07) is 12.0. The second kappa shape index (κ2) is 6.75. The number of hydrogen-bond donors (Lipinski definition) is 0. The van der Waals surface area contributed by atoms with Gasteiger partial charge in [-0.1, -0.05) is 43.3 Å². The molecule has 2 aromatic rings. The Bertz CT molecular complexity index is 628. The molecular weight excluding hydrogens is 246 g/mol. The second-order valence-electron chi connectivity index (χ2n) is 4.50. The second-order valence-corrected chi connectivity index (χ2v) is 4.50. The third kappa shape index (κ3) is 3.38. The highest BCUT2D eigenvalue weighted by Crippen LogP contribution is 2.16. The van der Waals surface area contributed by atoms with Crippen LogP contribution in [0.3, 0.4) is 0 Å². The lowest BCUT2D eigenvalue weighted by Crippen LogP contribution is -2.04. The van der Waals surface area contributed by atoms with Crippen LogP contribution < -0.4 is 0 Å². The van der Waals surface area contributed by atoms with Crippen molar-refractivity contribution in [2.75, 3.05) is 7.05 Å². The van der Waals surface area contributed by atoms with Gasteiger partial charge in [0, 0.05) is 18.3 Å². The number of hydrogen-bond acceptors (Lipinski definition) is 3. The molecule has 0 spiro atoms. The number of aryl methyl sites for hydroxylation is 1. The molecule has 1 aromatic heterocycles. The minimum Gasteiger partial charge on any atom is -0.286 e. The molecule has 0 amide bonds. The molecule has 20 heavy (non-hydrogen) atoms. The van der Waals surface area contributed by atoms with Crippen LogP contribution in [0.15, 0.2) is 53.5 Å². The first-order valence-corrected chi connectivity index (χ1v) is 6.79.